The third-order valence-corrected chi connectivity index (χ3v) is 6.81. The Hall–Kier alpha value is -5.09. The van der Waals surface area contributed by atoms with Crippen LogP contribution in [0.25, 0.3) is 44.8 Å². The van der Waals surface area contributed by atoms with Crippen molar-refractivity contribution in [2.24, 2.45) is 0 Å². The minimum atomic E-state index is 0.588. The van der Waals surface area contributed by atoms with Crippen molar-refractivity contribution in [2.75, 3.05) is 4.90 Å². The van der Waals surface area contributed by atoms with Crippen molar-refractivity contribution in [3.05, 3.63) is 134 Å². The van der Waals surface area contributed by atoms with Crippen LogP contribution in [0.4, 0.5) is 17.3 Å². The number of aromatic nitrogens is 3. The van der Waals surface area contributed by atoms with Crippen LogP contribution in [0.2, 0.25) is 0 Å². The quantitative estimate of drug-likeness (QED) is 0.258. The molecule has 5 aromatic carbocycles. The summed E-state index contributed by atoms with van der Waals surface area (Å²) in [5.74, 6) is 1.23. The maximum Gasteiger partial charge on any atom is 0.238 e. The molecular formula is C33H22N4. The minimum Gasteiger partial charge on any atom is -0.278 e. The molecule has 1 aromatic heterocycles. The van der Waals surface area contributed by atoms with Gasteiger partial charge >= 0.3 is 0 Å². The first kappa shape index (κ1) is 21.2. The first-order chi connectivity index (χ1) is 18.4. The topological polar surface area (TPSA) is 41.9 Å². The molecule has 37 heavy (non-hydrogen) atoms. The zero-order valence-corrected chi connectivity index (χ0v) is 20.0. The standard InChI is InChI=1S/C33H22N4/c1-2-10-23(11-3-1)24-18-20-25(21-19-24)32-34-22-35-33(36-32)37-30-16-8-6-14-28(30)26-12-4-5-13-27(26)29-15-7-9-17-31(29)37/h1-22H. The highest BCUT2D eigenvalue weighted by molar-refractivity contribution is 6.01. The third kappa shape index (κ3) is 3.67. The molecule has 0 unspecified atom stereocenters. The molecule has 174 valence electrons. The van der Waals surface area contributed by atoms with E-state index >= 15 is 0 Å². The van der Waals surface area contributed by atoms with Crippen molar-refractivity contribution in [2.45, 2.75) is 0 Å². The SMILES string of the molecule is c1ccc(-c2ccc(-c3ncnc(N4c5ccccc5-c5ccccc5-c5ccccc54)n3)cc2)cc1. The van der Waals surface area contributed by atoms with Crippen LogP contribution in [-0.4, -0.2) is 15.0 Å². The Balaban J connectivity index is 1.37. The number of nitrogens with zero attached hydrogens (tertiary/aromatic N) is 4. The van der Waals surface area contributed by atoms with Crippen LogP contribution < -0.4 is 4.90 Å². The smallest absolute Gasteiger partial charge is 0.238 e. The second-order valence-electron chi connectivity index (χ2n) is 8.97. The second-order valence-corrected chi connectivity index (χ2v) is 8.97. The zero-order chi connectivity index (χ0) is 24.6. The molecule has 0 amide bonds. The number of anilines is 3. The van der Waals surface area contributed by atoms with Crippen molar-refractivity contribution in [1.29, 1.82) is 0 Å². The van der Waals surface area contributed by atoms with Crippen molar-refractivity contribution >= 4 is 17.3 Å². The van der Waals surface area contributed by atoms with Crippen molar-refractivity contribution < 1.29 is 0 Å². The predicted octanol–water partition coefficient (Wildman–Crippen LogP) is 8.32. The van der Waals surface area contributed by atoms with E-state index in [0.29, 0.717) is 11.8 Å². The van der Waals surface area contributed by atoms with Gasteiger partial charge in [0.2, 0.25) is 5.95 Å². The van der Waals surface area contributed by atoms with Crippen molar-refractivity contribution in [3.63, 3.8) is 0 Å². The van der Waals surface area contributed by atoms with Crippen LogP contribution >= 0.6 is 0 Å². The molecule has 0 spiro atoms. The maximum absolute atomic E-state index is 4.98. The number of hydrogen-bond acceptors (Lipinski definition) is 4. The molecule has 0 saturated heterocycles. The van der Waals surface area contributed by atoms with Crippen molar-refractivity contribution in [1.82, 2.24) is 15.0 Å². The summed E-state index contributed by atoms with van der Waals surface area (Å²) in [6, 6.07) is 44.2. The highest BCUT2D eigenvalue weighted by Gasteiger charge is 2.27. The first-order valence-corrected chi connectivity index (χ1v) is 12.3. The Morgan fingerprint density at radius 3 is 1.51 bits per heavy atom. The normalized spacial score (nSPS) is 11.7. The summed E-state index contributed by atoms with van der Waals surface area (Å²) in [6.07, 6.45) is 1.60. The molecule has 0 bridgehead atoms. The number of benzene rings is 5. The maximum atomic E-state index is 4.98. The van der Waals surface area contributed by atoms with Gasteiger partial charge in [0, 0.05) is 16.7 Å². The highest BCUT2D eigenvalue weighted by atomic mass is 15.3. The summed E-state index contributed by atoms with van der Waals surface area (Å²) < 4.78 is 0. The fourth-order valence-corrected chi connectivity index (χ4v) is 5.07. The lowest BCUT2D eigenvalue weighted by Gasteiger charge is -2.25. The average molecular weight is 475 g/mol. The van der Waals surface area contributed by atoms with Gasteiger partial charge in [0.15, 0.2) is 5.82 Å². The van der Waals surface area contributed by atoms with Gasteiger partial charge < -0.3 is 0 Å². The van der Waals surface area contributed by atoms with Gasteiger partial charge in [-0.05, 0) is 34.4 Å². The van der Waals surface area contributed by atoms with E-state index in [1.165, 1.54) is 16.7 Å². The highest BCUT2D eigenvalue weighted by Crippen LogP contribution is 2.49. The molecule has 1 aliphatic heterocycles. The van der Waals surface area contributed by atoms with E-state index in [1.54, 1.807) is 6.33 Å². The summed E-state index contributed by atoms with van der Waals surface area (Å²) >= 11 is 0. The monoisotopic (exact) mass is 474 g/mol. The molecular weight excluding hydrogens is 452 g/mol. The van der Waals surface area contributed by atoms with E-state index in [-0.39, 0.29) is 0 Å². The van der Waals surface area contributed by atoms with Gasteiger partial charge in [-0.1, -0.05) is 115 Å². The first-order valence-electron chi connectivity index (χ1n) is 12.3. The van der Waals surface area contributed by atoms with E-state index in [0.717, 1.165) is 33.6 Å². The average Bonchev–Trinajstić information content (AvgIpc) is 3.11. The molecule has 0 radical (unpaired) electrons. The van der Waals surface area contributed by atoms with Gasteiger partial charge in [0.25, 0.3) is 0 Å². The molecule has 4 nitrogen and oxygen atoms in total. The van der Waals surface area contributed by atoms with E-state index < -0.39 is 0 Å². The summed E-state index contributed by atoms with van der Waals surface area (Å²) in [6.45, 7) is 0. The van der Waals surface area contributed by atoms with Crippen LogP contribution in [0, 0.1) is 0 Å². The Kier molecular flexibility index (Phi) is 5.07. The Labute approximate surface area is 215 Å². The number of rotatable bonds is 3. The number of fused-ring (bicyclic) bond motifs is 5. The van der Waals surface area contributed by atoms with Crippen LogP contribution in [0.1, 0.15) is 0 Å². The molecule has 0 atom stereocenters. The molecule has 0 fully saturated rings. The van der Waals surface area contributed by atoms with Gasteiger partial charge in [0.1, 0.15) is 6.33 Å². The molecule has 0 N–H and O–H groups in total. The zero-order valence-electron chi connectivity index (χ0n) is 20.0. The van der Waals surface area contributed by atoms with Crippen LogP contribution in [0.5, 0.6) is 0 Å². The summed E-state index contributed by atoms with van der Waals surface area (Å²) in [7, 11) is 0. The summed E-state index contributed by atoms with van der Waals surface area (Å²) in [5.41, 5.74) is 10.0. The molecule has 0 aliphatic carbocycles. The van der Waals surface area contributed by atoms with Gasteiger partial charge in [0.05, 0.1) is 11.4 Å². The minimum absolute atomic E-state index is 0.588. The van der Waals surface area contributed by atoms with E-state index in [9.17, 15) is 0 Å². The summed E-state index contributed by atoms with van der Waals surface area (Å²) in [4.78, 5) is 16.3. The second kappa shape index (κ2) is 8.85. The predicted molar refractivity (Wildman–Crippen MR) is 150 cm³/mol. The lowest BCUT2D eigenvalue weighted by Crippen LogP contribution is -2.14. The number of hydrogen-bond donors (Lipinski definition) is 0. The van der Waals surface area contributed by atoms with Gasteiger partial charge in [-0.25, -0.2) is 9.97 Å². The summed E-state index contributed by atoms with van der Waals surface area (Å²) in [5, 5.41) is 0. The van der Waals surface area contributed by atoms with E-state index in [1.807, 2.05) is 6.07 Å². The van der Waals surface area contributed by atoms with Crippen LogP contribution in [0.3, 0.4) is 0 Å². The van der Waals surface area contributed by atoms with E-state index in [4.69, 9.17) is 4.98 Å². The molecule has 7 rings (SSSR count). The van der Waals surface area contributed by atoms with Crippen molar-refractivity contribution in [3.8, 4) is 44.8 Å². The fourth-order valence-electron chi connectivity index (χ4n) is 5.07. The van der Waals surface area contributed by atoms with Crippen LogP contribution in [0.15, 0.2) is 134 Å². The number of para-hydroxylation sites is 2. The van der Waals surface area contributed by atoms with E-state index in [2.05, 4.69) is 136 Å². The Morgan fingerprint density at radius 2 is 0.892 bits per heavy atom. The lowest BCUT2D eigenvalue weighted by molar-refractivity contribution is 1.02. The largest absolute Gasteiger partial charge is 0.278 e. The Morgan fingerprint density at radius 1 is 0.405 bits per heavy atom. The molecule has 1 aliphatic rings. The van der Waals surface area contributed by atoms with Crippen LogP contribution in [-0.2, 0) is 0 Å². The molecule has 4 heteroatoms. The fraction of sp³-hybridized carbons (Fsp3) is 0. The van der Waals surface area contributed by atoms with Gasteiger partial charge in [-0.15, -0.1) is 0 Å². The Bertz CT molecular complexity index is 1660. The third-order valence-electron chi connectivity index (χ3n) is 6.81. The lowest BCUT2D eigenvalue weighted by atomic mass is 9.95. The van der Waals surface area contributed by atoms with Gasteiger partial charge in [-0.3, -0.25) is 4.90 Å². The molecule has 2 heterocycles. The molecule has 6 aromatic rings. The van der Waals surface area contributed by atoms with Gasteiger partial charge in [-0.2, -0.15) is 4.98 Å². The molecule has 0 saturated carbocycles.